The fraction of sp³-hybridized carbons (Fsp3) is 0.176. The predicted molar refractivity (Wildman–Crippen MR) is 103 cm³/mol. The van der Waals surface area contributed by atoms with E-state index in [-0.39, 0.29) is 16.3 Å². The molecule has 0 unspecified atom stereocenters. The number of nitro groups is 1. The highest BCUT2D eigenvalue weighted by atomic mass is 35.5. The van der Waals surface area contributed by atoms with Crippen LogP contribution >= 0.6 is 11.6 Å². The molecule has 0 aliphatic carbocycles. The van der Waals surface area contributed by atoms with Crippen molar-refractivity contribution in [3.8, 4) is 11.4 Å². The lowest BCUT2D eigenvalue weighted by Gasteiger charge is -2.09. The van der Waals surface area contributed by atoms with Crippen LogP contribution in [0.3, 0.4) is 0 Å². The number of aromatic nitrogens is 2. The van der Waals surface area contributed by atoms with Crippen molar-refractivity contribution in [1.29, 1.82) is 0 Å². The third kappa shape index (κ3) is 4.65. The van der Waals surface area contributed by atoms with E-state index < -0.39 is 14.8 Å². The van der Waals surface area contributed by atoms with Crippen molar-refractivity contribution in [1.82, 2.24) is 10.1 Å². The lowest BCUT2D eigenvalue weighted by atomic mass is 10.2. The molecule has 0 bridgehead atoms. The molecule has 0 radical (unpaired) electrons. The minimum atomic E-state index is -3.65. The number of halogens is 1. The van der Waals surface area contributed by atoms with Crippen LogP contribution in [0, 0.1) is 10.1 Å². The molecule has 3 rings (SSSR count). The number of nitrogens with zero attached hydrogens (tertiary/aromatic N) is 3. The van der Waals surface area contributed by atoms with Crippen LogP contribution in [0.2, 0.25) is 5.02 Å². The standard InChI is InChI=1S/C17H15ClN4O5S/c1-28(25,26)15-10-13(22(23)24)6-7-14(15)19-9-8-16-20-17(21-27-16)11-2-4-12(18)5-3-11/h2-7,10,19H,8-9H2,1H3. The maximum absolute atomic E-state index is 11.9. The molecule has 0 atom stereocenters. The Kier molecular flexibility index (Phi) is 5.61. The smallest absolute Gasteiger partial charge is 0.270 e. The third-order valence-corrected chi connectivity index (χ3v) is 5.19. The Bertz CT molecular complexity index is 1110. The van der Waals surface area contributed by atoms with Gasteiger partial charge in [-0.15, -0.1) is 0 Å². The van der Waals surface area contributed by atoms with E-state index >= 15 is 0 Å². The normalized spacial score (nSPS) is 11.4. The number of anilines is 1. The minimum absolute atomic E-state index is 0.144. The van der Waals surface area contributed by atoms with Crippen LogP contribution in [0.25, 0.3) is 11.4 Å². The van der Waals surface area contributed by atoms with Crippen molar-refractivity contribution in [2.75, 3.05) is 18.1 Å². The van der Waals surface area contributed by atoms with Gasteiger partial charge in [0, 0.05) is 41.9 Å². The number of sulfone groups is 1. The lowest BCUT2D eigenvalue weighted by Crippen LogP contribution is -2.10. The molecular formula is C17H15ClN4O5S. The Labute approximate surface area is 165 Å². The summed E-state index contributed by atoms with van der Waals surface area (Å²) in [5, 5.41) is 18.3. The molecule has 0 aliphatic rings. The summed E-state index contributed by atoms with van der Waals surface area (Å²) in [5.41, 5.74) is 0.725. The molecule has 2 aromatic carbocycles. The van der Waals surface area contributed by atoms with Gasteiger partial charge in [0.05, 0.1) is 15.5 Å². The van der Waals surface area contributed by atoms with Gasteiger partial charge in [-0.25, -0.2) is 8.42 Å². The molecule has 9 nitrogen and oxygen atoms in total. The fourth-order valence-corrected chi connectivity index (χ4v) is 3.45. The Morgan fingerprint density at radius 2 is 1.93 bits per heavy atom. The molecule has 0 amide bonds. The van der Waals surface area contributed by atoms with Crippen LogP contribution in [0.1, 0.15) is 5.89 Å². The molecule has 1 N–H and O–H groups in total. The molecule has 0 fully saturated rings. The molecule has 0 saturated carbocycles. The molecule has 146 valence electrons. The first-order chi connectivity index (χ1) is 13.2. The van der Waals surface area contributed by atoms with E-state index in [9.17, 15) is 18.5 Å². The van der Waals surface area contributed by atoms with Crippen LogP contribution in [0.15, 0.2) is 51.9 Å². The van der Waals surface area contributed by atoms with E-state index in [2.05, 4.69) is 15.5 Å². The van der Waals surface area contributed by atoms with Gasteiger partial charge < -0.3 is 9.84 Å². The van der Waals surface area contributed by atoms with Gasteiger partial charge in [0.2, 0.25) is 11.7 Å². The van der Waals surface area contributed by atoms with E-state index in [0.717, 1.165) is 17.9 Å². The SMILES string of the molecule is CS(=O)(=O)c1cc([N+](=O)[O-])ccc1NCCc1nc(-c2ccc(Cl)cc2)no1. The largest absolute Gasteiger partial charge is 0.383 e. The van der Waals surface area contributed by atoms with Crippen molar-refractivity contribution < 1.29 is 17.9 Å². The number of nitro benzene ring substituents is 1. The summed E-state index contributed by atoms with van der Waals surface area (Å²) >= 11 is 5.85. The molecule has 0 spiro atoms. The van der Waals surface area contributed by atoms with Gasteiger partial charge in [-0.05, 0) is 30.3 Å². The molecule has 28 heavy (non-hydrogen) atoms. The van der Waals surface area contributed by atoms with E-state index in [1.807, 2.05) is 0 Å². The molecule has 3 aromatic rings. The van der Waals surface area contributed by atoms with Crippen molar-refractivity contribution in [3.63, 3.8) is 0 Å². The summed E-state index contributed by atoms with van der Waals surface area (Å²) in [5.74, 6) is 0.777. The quantitative estimate of drug-likeness (QED) is 0.453. The molecule has 1 heterocycles. The van der Waals surface area contributed by atoms with E-state index in [1.165, 1.54) is 12.1 Å². The Hall–Kier alpha value is -2.98. The van der Waals surface area contributed by atoms with Gasteiger partial charge in [0.25, 0.3) is 5.69 Å². The maximum Gasteiger partial charge on any atom is 0.270 e. The van der Waals surface area contributed by atoms with Crippen molar-refractivity contribution in [2.45, 2.75) is 11.3 Å². The highest BCUT2D eigenvalue weighted by molar-refractivity contribution is 7.90. The first kappa shape index (κ1) is 19.8. The monoisotopic (exact) mass is 422 g/mol. The van der Waals surface area contributed by atoms with Crippen LogP contribution < -0.4 is 5.32 Å². The van der Waals surface area contributed by atoms with Gasteiger partial charge >= 0.3 is 0 Å². The van der Waals surface area contributed by atoms with Crippen molar-refractivity contribution >= 4 is 32.8 Å². The number of benzene rings is 2. The summed E-state index contributed by atoms with van der Waals surface area (Å²) < 4.78 is 29.1. The van der Waals surface area contributed by atoms with Gasteiger partial charge in [0.15, 0.2) is 9.84 Å². The second kappa shape index (κ2) is 7.95. The summed E-state index contributed by atoms with van der Waals surface area (Å²) in [6, 6.07) is 10.6. The van der Waals surface area contributed by atoms with Gasteiger partial charge in [-0.2, -0.15) is 4.98 Å². The average molecular weight is 423 g/mol. The van der Waals surface area contributed by atoms with Gasteiger partial charge in [-0.1, -0.05) is 16.8 Å². The minimum Gasteiger partial charge on any atom is -0.383 e. The topological polar surface area (TPSA) is 128 Å². The van der Waals surface area contributed by atoms with Gasteiger partial charge in [0.1, 0.15) is 0 Å². The number of hydrogen-bond donors (Lipinski definition) is 1. The van der Waals surface area contributed by atoms with Crippen molar-refractivity contribution in [3.05, 3.63) is 63.5 Å². The summed E-state index contributed by atoms with van der Waals surface area (Å²) in [4.78, 5) is 14.4. The summed E-state index contributed by atoms with van der Waals surface area (Å²) in [6.07, 6.45) is 1.33. The Balaban J connectivity index is 1.70. The fourth-order valence-electron chi connectivity index (χ4n) is 2.45. The second-order valence-electron chi connectivity index (χ2n) is 5.91. The first-order valence-electron chi connectivity index (χ1n) is 8.05. The molecule has 0 aliphatic heterocycles. The van der Waals surface area contributed by atoms with Crippen LogP contribution in [-0.2, 0) is 16.3 Å². The average Bonchev–Trinajstić information content (AvgIpc) is 3.10. The van der Waals surface area contributed by atoms with E-state index in [4.69, 9.17) is 16.1 Å². The third-order valence-electron chi connectivity index (χ3n) is 3.80. The van der Waals surface area contributed by atoms with E-state index in [0.29, 0.717) is 29.7 Å². The number of rotatable bonds is 7. The molecular weight excluding hydrogens is 408 g/mol. The number of hydrogen-bond acceptors (Lipinski definition) is 8. The van der Waals surface area contributed by atoms with Crippen molar-refractivity contribution in [2.24, 2.45) is 0 Å². The molecule has 11 heteroatoms. The van der Waals surface area contributed by atoms with Crippen LogP contribution in [-0.4, -0.2) is 36.3 Å². The summed E-state index contributed by atoms with van der Waals surface area (Å²) in [6.45, 7) is 0.294. The predicted octanol–water partition coefficient (Wildman–Crippen LogP) is 3.36. The highest BCUT2D eigenvalue weighted by Gasteiger charge is 2.18. The zero-order chi connectivity index (χ0) is 20.3. The lowest BCUT2D eigenvalue weighted by molar-refractivity contribution is -0.385. The van der Waals surface area contributed by atoms with Crippen LogP contribution in [0.5, 0.6) is 0 Å². The zero-order valence-electron chi connectivity index (χ0n) is 14.6. The second-order valence-corrected chi connectivity index (χ2v) is 8.33. The van der Waals surface area contributed by atoms with Crippen LogP contribution in [0.4, 0.5) is 11.4 Å². The Morgan fingerprint density at radius 3 is 2.57 bits per heavy atom. The van der Waals surface area contributed by atoms with Gasteiger partial charge in [-0.3, -0.25) is 10.1 Å². The molecule has 0 saturated heterocycles. The highest BCUT2D eigenvalue weighted by Crippen LogP contribution is 2.26. The zero-order valence-corrected chi connectivity index (χ0v) is 16.2. The summed E-state index contributed by atoms with van der Waals surface area (Å²) in [7, 11) is -3.65. The maximum atomic E-state index is 11.9. The first-order valence-corrected chi connectivity index (χ1v) is 10.3. The molecule has 1 aromatic heterocycles. The van der Waals surface area contributed by atoms with E-state index in [1.54, 1.807) is 24.3 Å². The number of nitrogens with one attached hydrogen (secondary N) is 1. The Morgan fingerprint density at radius 1 is 1.21 bits per heavy atom. The number of non-ortho nitro benzene ring substituents is 1.